The maximum absolute atomic E-state index is 12.9. The molecule has 0 aliphatic carbocycles. The van der Waals surface area contributed by atoms with Crippen LogP contribution in [0.4, 0.5) is 5.69 Å². The van der Waals surface area contributed by atoms with Crippen LogP contribution < -0.4 is 5.73 Å². The third-order valence-electron chi connectivity index (χ3n) is 5.50. The van der Waals surface area contributed by atoms with E-state index in [1.54, 1.807) is 33.8 Å². The molecule has 0 unspecified atom stereocenters. The number of carbonyl (C=O) groups excluding carboxylic acids is 2. The second kappa shape index (κ2) is 8.07. The Hall–Kier alpha value is -3.92. The normalized spacial score (nSPS) is 12.9. The third kappa shape index (κ3) is 4.05. The van der Waals surface area contributed by atoms with Gasteiger partial charge in [-0.3, -0.25) is 14.3 Å². The quantitative estimate of drug-likeness (QED) is 0.665. The molecule has 2 heterocycles. The lowest BCUT2D eigenvalue weighted by atomic mass is 10.0. The van der Waals surface area contributed by atoms with Crippen molar-refractivity contribution in [3.05, 3.63) is 81.8 Å². The Bertz CT molecular complexity index is 1200. The van der Waals surface area contributed by atoms with Crippen LogP contribution in [0, 0.1) is 20.4 Å². The number of nitrogens with zero attached hydrogens (tertiary/aromatic N) is 4. The predicted octanol–water partition coefficient (Wildman–Crippen LogP) is 3.40. The van der Waals surface area contributed by atoms with Gasteiger partial charge in [-0.2, -0.15) is 5.10 Å². The highest BCUT2D eigenvalue weighted by Crippen LogP contribution is 2.29. The molecule has 0 fully saturated rings. The number of rotatable bonds is 4. The Morgan fingerprint density at radius 2 is 1.77 bits per heavy atom. The van der Waals surface area contributed by atoms with Crippen LogP contribution in [0.1, 0.15) is 32.7 Å². The van der Waals surface area contributed by atoms with Gasteiger partial charge in [0, 0.05) is 12.1 Å². The summed E-state index contributed by atoms with van der Waals surface area (Å²) in [7, 11) is 0. The summed E-state index contributed by atoms with van der Waals surface area (Å²) >= 11 is 0. The smallest absolute Gasteiger partial charge is 0.252 e. The molecule has 7 nitrogen and oxygen atoms in total. The average molecular weight is 413 g/mol. The largest absolute Gasteiger partial charge is 0.365 e. The van der Waals surface area contributed by atoms with E-state index in [-0.39, 0.29) is 18.9 Å². The number of amides is 2. The molecule has 1 aliphatic rings. The fourth-order valence-electron chi connectivity index (χ4n) is 4.08. The molecule has 1 aromatic heterocycles. The van der Waals surface area contributed by atoms with Gasteiger partial charge < -0.3 is 10.6 Å². The van der Waals surface area contributed by atoms with Gasteiger partial charge >= 0.3 is 0 Å². The van der Waals surface area contributed by atoms with E-state index >= 15 is 0 Å². The van der Waals surface area contributed by atoms with Gasteiger partial charge in [-0.15, -0.1) is 0 Å². The van der Waals surface area contributed by atoms with Crippen LogP contribution >= 0.6 is 0 Å². The first kappa shape index (κ1) is 20.4. The zero-order valence-electron chi connectivity index (χ0n) is 17.6. The summed E-state index contributed by atoms with van der Waals surface area (Å²) in [5, 5.41) is 4.67. The third-order valence-corrected chi connectivity index (χ3v) is 5.50. The predicted molar refractivity (Wildman–Crippen MR) is 117 cm³/mol. The molecule has 4 rings (SSSR count). The monoisotopic (exact) mass is 413 g/mol. The summed E-state index contributed by atoms with van der Waals surface area (Å²) < 4.78 is 1.79. The number of benzene rings is 2. The lowest BCUT2D eigenvalue weighted by molar-refractivity contribution is -0.132. The number of fused-ring (bicyclic) bond motifs is 1. The Morgan fingerprint density at radius 1 is 1.10 bits per heavy atom. The number of primary amides is 1. The van der Waals surface area contributed by atoms with Crippen LogP contribution in [0.15, 0.2) is 42.5 Å². The lowest BCUT2D eigenvalue weighted by Crippen LogP contribution is -2.40. The highest BCUT2D eigenvalue weighted by atomic mass is 16.2. The van der Waals surface area contributed by atoms with E-state index in [0.717, 1.165) is 22.3 Å². The van der Waals surface area contributed by atoms with Crippen molar-refractivity contribution in [2.75, 3.05) is 6.54 Å². The van der Waals surface area contributed by atoms with E-state index in [4.69, 9.17) is 12.3 Å². The Balaban J connectivity index is 1.62. The molecule has 0 radical (unpaired) electrons. The lowest BCUT2D eigenvalue weighted by Gasteiger charge is -2.28. The van der Waals surface area contributed by atoms with Gasteiger partial charge in [-0.05, 0) is 31.5 Å². The fourth-order valence-corrected chi connectivity index (χ4v) is 4.08. The summed E-state index contributed by atoms with van der Waals surface area (Å²) in [6.45, 7) is 12.3. The number of carbonyl (C=O) groups is 2. The Labute approximate surface area is 180 Å². The molecule has 0 saturated carbocycles. The molecule has 156 valence electrons. The number of aromatic nitrogens is 2. The van der Waals surface area contributed by atoms with Crippen LogP contribution in [-0.4, -0.2) is 33.0 Å². The topological polar surface area (TPSA) is 85.6 Å². The van der Waals surface area contributed by atoms with Crippen LogP contribution in [0.25, 0.3) is 16.1 Å². The highest BCUT2D eigenvalue weighted by Gasteiger charge is 2.29. The maximum Gasteiger partial charge on any atom is 0.252 e. The maximum atomic E-state index is 12.9. The first-order chi connectivity index (χ1) is 14.9. The van der Waals surface area contributed by atoms with Gasteiger partial charge in [0.2, 0.25) is 5.91 Å². The zero-order chi connectivity index (χ0) is 22.1. The minimum absolute atomic E-state index is 0.0358. The molecule has 2 aromatic carbocycles. The van der Waals surface area contributed by atoms with E-state index in [9.17, 15) is 9.59 Å². The van der Waals surface area contributed by atoms with Gasteiger partial charge in [-0.25, -0.2) is 4.85 Å². The summed E-state index contributed by atoms with van der Waals surface area (Å²) in [5.41, 5.74) is 11.8. The van der Waals surface area contributed by atoms with Crippen molar-refractivity contribution in [1.29, 1.82) is 0 Å². The van der Waals surface area contributed by atoms with Crippen LogP contribution in [0.2, 0.25) is 0 Å². The van der Waals surface area contributed by atoms with Gasteiger partial charge in [0.15, 0.2) is 5.69 Å². The molecule has 31 heavy (non-hydrogen) atoms. The summed E-state index contributed by atoms with van der Waals surface area (Å²) in [4.78, 5) is 30.4. The molecule has 0 spiro atoms. The van der Waals surface area contributed by atoms with Crippen molar-refractivity contribution >= 4 is 17.5 Å². The highest BCUT2D eigenvalue weighted by molar-refractivity contribution is 6.00. The zero-order valence-corrected chi connectivity index (χ0v) is 17.6. The molecule has 7 heteroatoms. The first-order valence-corrected chi connectivity index (χ1v) is 10.1. The van der Waals surface area contributed by atoms with Gasteiger partial charge in [0.1, 0.15) is 5.69 Å². The average Bonchev–Trinajstić information content (AvgIpc) is 3.12. The van der Waals surface area contributed by atoms with Crippen LogP contribution in [0.5, 0.6) is 0 Å². The standard InChI is InChI=1S/C24H23N5O2/c1-15-10-16(2)12-18(11-15)23-22(24(25)31)20-14-28(8-9-29(20)27-23)21(30)13-17-4-6-19(26-3)7-5-17/h4-7,10-12H,8-9,13-14H2,1-2H3,(H2,25,31). The second-order valence-corrected chi connectivity index (χ2v) is 7.90. The Kier molecular flexibility index (Phi) is 5.30. The van der Waals surface area contributed by atoms with E-state index in [1.807, 2.05) is 26.0 Å². The second-order valence-electron chi connectivity index (χ2n) is 7.90. The number of nitrogens with two attached hydrogens (primary N) is 1. The van der Waals surface area contributed by atoms with E-state index in [1.165, 1.54) is 0 Å². The molecule has 2 N–H and O–H groups in total. The fraction of sp³-hybridized carbons (Fsp3) is 0.250. The van der Waals surface area contributed by atoms with Crippen LogP contribution in [-0.2, 0) is 24.3 Å². The SMILES string of the molecule is [C-]#[N+]c1ccc(CC(=O)N2CCn3nc(-c4cc(C)cc(C)c4)c(C(N)=O)c3C2)cc1. The van der Waals surface area contributed by atoms with E-state index in [2.05, 4.69) is 16.0 Å². The minimum atomic E-state index is -0.542. The van der Waals surface area contributed by atoms with E-state index in [0.29, 0.717) is 35.7 Å². The summed E-state index contributed by atoms with van der Waals surface area (Å²) in [6.07, 6.45) is 0.238. The van der Waals surface area contributed by atoms with Crippen molar-refractivity contribution in [1.82, 2.24) is 14.7 Å². The number of hydrogen-bond acceptors (Lipinski definition) is 3. The Morgan fingerprint density at radius 3 is 2.39 bits per heavy atom. The molecule has 0 saturated heterocycles. The molecule has 0 bridgehead atoms. The molecule has 3 aromatic rings. The van der Waals surface area contributed by atoms with Gasteiger partial charge in [0.25, 0.3) is 5.91 Å². The van der Waals surface area contributed by atoms with E-state index < -0.39 is 5.91 Å². The van der Waals surface area contributed by atoms with Gasteiger partial charge in [0.05, 0.1) is 37.3 Å². The van der Waals surface area contributed by atoms with Gasteiger partial charge in [-0.1, -0.05) is 41.5 Å². The molecule has 1 aliphatic heterocycles. The number of aryl methyl sites for hydroxylation is 2. The summed E-state index contributed by atoms with van der Waals surface area (Å²) in [6, 6.07) is 13.1. The van der Waals surface area contributed by atoms with Crippen molar-refractivity contribution in [3.63, 3.8) is 0 Å². The first-order valence-electron chi connectivity index (χ1n) is 10.1. The van der Waals surface area contributed by atoms with Crippen molar-refractivity contribution in [2.24, 2.45) is 5.73 Å². The van der Waals surface area contributed by atoms with Crippen LogP contribution in [0.3, 0.4) is 0 Å². The number of hydrogen-bond donors (Lipinski definition) is 1. The summed E-state index contributed by atoms with van der Waals surface area (Å²) in [5.74, 6) is -0.578. The van der Waals surface area contributed by atoms with Crippen molar-refractivity contribution in [3.8, 4) is 11.3 Å². The van der Waals surface area contributed by atoms with Crippen molar-refractivity contribution < 1.29 is 9.59 Å². The molecular formula is C24H23N5O2. The molecular weight excluding hydrogens is 390 g/mol. The molecule has 0 atom stereocenters. The molecule has 2 amide bonds. The van der Waals surface area contributed by atoms with Crippen molar-refractivity contribution in [2.45, 2.75) is 33.4 Å². The minimum Gasteiger partial charge on any atom is -0.365 e.